The number of fused-ring (bicyclic) bond motifs is 9. The average Bonchev–Trinajstić information content (AvgIpc) is 3.95. The molecule has 3 heterocycles. The number of furan rings is 1. The van der Waals surface area contributed by atoms with Gasteiger partial charge in [-0.15, -0.1) is 11.3 Å². The van der Waals surface area contributed by atoms with Gasteiger partial charge < -0.3 is 9.32 Å². The molecule has 1 aliphatic carbocycles. The quantitative estimate of drug-likeness (QED) is 0.168. The summed E-state index contributed by atoms with van der Waals surface area (Å²) in [6.45, 7) is 4.62. The monoisotopic (exact) mass is 788 g/mol. The van der Waals surface area contributed by atoms with Crippen LogP contribution in [0.2, 0.25) is 0 Å². The summed E-state index contributed by atoms with van der Waals surface area (Å²) >= 11 is 1.81. The van der Waals surface area contributed by atoms with E-state index in [1.165, 1.54) is 42.4 Å². The van der Waals surface area contributed by atoms with Gasteiger partial charge >= 0.3 is 0 Å². The van der Waals surface area contributed by atoms with Crippen LogP contribution in [-0.4, -0.2) is 15.0 Å². The lowest BCUT2D eigenvalue weighted by Gasteiger charge is -2.26. The first-order valence-electron chi connectivity index (χ1n) is 20.3. The van der Waals surface area contributed by atoms with Gasteiger partial charge in [-0.3, -0.25) is 0 Å². The summed E-state index contributed by atoms with van der Waals surface area (Å²) in [5, 5.41) is 4.60. The number of nitrogens with zero attached hydrogens (tertiary/aromatic N) is 4. The molecule has 6 heteroatoms. The molecule has 5 nitrogen and oxygen atoms in total. The zero-order valence-corrected chi connectivity index (χ0v) is 33.7. The molecule has 8 aromatic carbocycles. The minimum absolute atomic E-state index is 0.240. The van der Waals surface area contributed by atoms with E-state index in [9.17, 15) is 0 Å². The van der Waals surface area contributed by atoms with Crippen molar-refractivity contribution in [1.82, 2.24) is 15.0 Å². The summed E-state index contributed by atoms with van der Waals surface area (Å²) in [7, 11) is 0. The van der Waals surface area contributed by atoms with Gasteiger partial charge in [0.15, 0.2) is 17.5 Å². The van der Waals surface area contributed by atoms with E-state index in [-0.39, 0.29) is 5.41 Å². The second kappa shape index (κ2) is 13.3. The van der Waals surface area contributed by atoms with Crippen molar-refractivity contribution in [2.45, 2.75) is 19.3 Å². The van der Waals surface area contributed by atoms with Crippen molar-refractivity contribution in [3.05, 3.63) is 193 Å². The lowest BCUT2D eigenvalue weighted by molar-refractivity contribution is 0.661. The van der Waals surface area contributed by atoms with Crippen LogP contribution in [0.15, 0.2) is 186 Å². The Balaban J connectivity index is 1.04. The second-order valence-corrected chi connectivity index (χ2v) is 17.1. The molecule has 12 rings (SSSR count). The van der Waals surface area contributed by atoms with Crippen LogP contribution in [0.4, 0.5) is 17.1 Å². The molecule has 0 saturated carbocycles. The Morgan fingerprint density at radius 3 is 1.95 bits per heavy atom. The van der Waals surface area contributed by atoms with Gasteiger partial charge in [-0.2, -0.15) is 0 Å². The summed E-state index contributed by atoms with van der Waals surface area (Å²) in [6, 6.07) is 64.1. The van der Waals surface area contributed by atoms with Crippen LogP contribution in [0, 0.1) is 0 Å². The van der Waals surface area contributed by atoms with Crippen LogP contribution in [0.1, 0.15) is 25.0 Å². The largest absolute Gasteiger partial charge is 0.456 e. The molecule has 0 aliphatic heterocycles. The van der Waals surface area contributed by atoms with Crippen molar-refractivity contribution in [3.8, 4) is 45.3 Å². The zero-order chi connectivity index (χ0) is 40.0. The fourth-order valence-electron chi connectivity index (χ4n) is 9.36. The summed E-state index contributed by atoms with van der Waals surface area (Å²) in [4.78, 5) is 18.2. The summed E-state index contributed by atoms with van der Waals surface area (Å²) in [6.07, 6.45) is 0. The van der Waals surface area contributed by atoms with Crippen molar-refractivity contribution in [1.29, 1.82) is 0 Å². The highest BCUT2D eigenvalue weighted by Gasteiger charge is 2.38. The fourth-order valence-corrected chi connectivity index (χ4v) is 10.4. The number of anilines is 3. The second-order valence-electron chi connectivity index (χ2n) is 16.0. The number of hydrogen-bond acceptors (Lipinski definition) is 6. The van der Waals surface area contributed by atoms with Gasteiger partial charge in [0, 0.05) is 59.0 Å². The third kappa shape index (κ3) is 5.34. The molecule has 1 aliphatic rings. The number of benzene rings is 8. The molecule has 284 valence electrons. The Morgan fingerprint density at radius 1 is 0.467 bits per heavy atom. The number of aromatic nitrogens is 3. The first-order chi connectivity index (χ1) is 29.5. The van der Waals surface area contributed by atoms with E-state index < -0.39 is 0 Å². The highest BCUT2D eigenvalue weighted by atomic mass is 32.1. The third-order valence-electron chi connectivity index (χ3n) is 12.1. The van der Waals surface area contributed by atoms with Crippen LogP contribution in [0.5, 0.6) is 0 Å². The molecule has 0 bridgehead atoms. The van der Waals surface area contributed by atoms with Crippen LogP contribution in [0.25, 0.3) is 87.4 Å². The van der Waals surface area contributed by atoms with Crippen molar-refractivity contribution < 1.29 is 4.42 Å². The average molecular weight is 789 g/mol. The topological polar surface area (TPSA) is 55.1 Å². The van der Waals surface area contributed by atoms with Crippen LogP contribution < -0.4 is 4.90 Å². The Labute approximate surface area is 350 Å². The highest BCUT2D eigenvalue weighted by Crippen LogP contribution is 2.52. The molecule has 0 radical (unpaired) electrons. The van der Waals surface area contributed by atoms with Crippen LogP contribution in [0.3, 0.4) is 0 Å². The number of para-hydroxylation sites is 2. The van der Waals surface area contributed by atoms with E-state index in [1.54, 1.807) is 0 Å². The molecule has 11 aromatic rings. The van der Waals surface area contributed by atoms with Gasteiger partial charge in [-0.25, -0.2) is 15.0 Å². The van der Waals surface area contributed by atoms with Gasteiger partial charge in [0.05, 0.1) is 11.1 Å². The molecule has 3 aromatic heterocycles. The lowest BCUT2D eigenvalue weighted by atomic mass is 9.80. The molecule has 0 saturated heterocycles. The van der Waals surface area contributed by atoms with Crippen LogP contribution in [-0.2, 0) is 5.41 Å². The van der Waals surface area contributed by atoms with E-state index in [2.05, 4.69) is 183 Å². The Bertz CT molecular complexity index is 3480. The zero-order valence-electron chi connectivity index (χ0n) is 32.9. The maximum absolute atomic E-state index is 6.34. The first-order valence-corrected chi connectivity index (χ1v) is 21.1. The van der Waals surface area contributed by atoms with Crippen molar-refractivity contribution >= 4 is 70.5 Å². The Morgan fingerprint density at radius 2 is 1.08 bits per heavy atom. The third-order valence-corrected chi connectivity index (χ3v) is 13.3. The maximum atomic E-state index is 6.34. The number of thiophene rings is 1. The van der Waals surface area contributed by atoms with E-state index in [0.717, 1.165) is 55.7 Å². The molecule has 0 spiro atoms. The van der Waals surface area contributed by atoms with Gasteiger partial charge in [0.1, 0.15) is 11.2 Å². The molecule has 0 N–H and O–H groups in total. The number of hydrogen-bond donors (Lipinski definition) is 0. The maximum Gasteiger partial charge on any atom is 0.164 e. The smallest absolute Gasteiger partial charge is 0.164 e. The minimum atomic E-state index is -0.240. The standard InChI is InChI=1S/C54H36N4OS/c1-54(2)43-21-9-6-16-37(43)39-19-12-20-41(50(39)54)53-56-51(55-52(57-53)34-28-31-48-42(32-34)38-17-8-11-25-47(38)60-48)33-26-29-36(30-27-33)58(35-14-4-3-5-15-35)44-22-13-24-46-49(44)40-18-7-10-23-45(40)59-46/h3-32H,1-2H3. The normalized spacial score (nSPS) is 13.0. The number of rotatable bonds is 6. The van der Waals surface area contributed by atoms with Gasteiger partial charge in [0.2, 0.25) is 0 Å². The molecule has 0 unspecified atom stereocenters. The van der Waals surface area contributed by atoms with E-state index >= 15 is 0 Å². The van der Waals surface area contributed by atoms with E-state index in [0.29, 0.717) is 17.5 Å². The summed E-state index contributed by atoms with van der Waals surface area (Å²) in [5.74, 6) is 1.93. The fraction of sp³-hybridized carbons (Fsp3) is 0.0556. The summed E-state index contributed by atoms with van der Waals surface area (Å²) < 4.78 is 8.85. The first kappa shape index (κ1) is 34.6. The SMILES string of the molecule is CC1(C)c2ccccc2-c2cccc(-c3nc(-c4ccc(N(c5ccccc5)c5cccc6oc7ccccc7c56)cc4)nc(-c4ccc5sc6ccccc6c5c4)n3)c21. The van der Waals surface area contributed by atoms with Crippen molar-refractivity contribution in [2.75, 3.05) is 4.90 Å². The predicted octanol–water partition coefficient (Wildman–Crippen LogP) is 14.9. The van der Waals surface area contributed by atoms with Crippen molar-refractivity contribution in [2.24, 2.45) is 0 Å². The van der Waals surface area contributed by atoms with Gasteiger partial charge in [-0.05, 0) is 101 Å². The summed E-state index contributed by atoms with van der Waals surface area (Å²) in [5.41, 5.74) is 12.5. The van der Waals surface area contributed by atoms with Gasteiger partial charge in [-0.1, -0.05) is 117 Å². The van der Waals surface area contributed by atoms with Crippen molar-refractivity contribution in [3.63, 3.8) is 0 Å². The molecule has 0 atom stereocenters. The minimum Gasteiger partial charge on any atom is -0.456 e. The highest BCUT2D eigenvalue weighted by molar-refractivity contribution is 7.25. The molecular weight excluding hydrogens is 753 g/mol. The van der Waals surface area contributed by atoms with Gasteiger partial charge in [0.25, 0.3) is 0 Å². The molecule has 0 fully saturated rings. The van der Waals surface area contributed by atoms with E-state index in [1.807, 2.05) is 29.5 Å². The Hall–Kier alpha value is -7.41. The van der Waals surface area contributed by atoms with E-state index in [4.69, 9.17) is 19.4 Å². The predicted molar refractivity (Wildman–Crippen MR) is 249 cm³/mol. The molecule has 60 heavy (non-hydrogen) atoms. The Kier molecular flexibility index (Phi) is 7.68. The lowest BCUT2D eigenvalue weighted by Crippen LogP contribution is -2.17. The van der Waals surface area contributed by atoms with Crippen LogP contribution >= 0.6 is 11.3 Å². The molecular formula is C54H36N4OS. The molecule has 0 amide bonds.